The van der Waals surface area contributed by atoms with E-state index in [1.165, 1.54) is 0 Å². The number of hydrogen-bond acceptors (Lipinski definition) is 6. The summed E-state index contributed by atoms with van der Waals surface area (Å²) in [6.45, 7) is 4.93. The van der Waals surface area contributed by atoms with E-state index in [9.17, 15) is 14.9 Å². The fraction of sp³-hybridized carbons (Fsp3) is 0.889. The molecule has 0 unspecified atom stereocenters. The van der Waals surface area contributed by atoms with E-state index in [1.807, 2.05) is 4.90 Å². The Balaban J connectivity index is 2.53. The zero-order valence-corrected chi connectivity index (χ0v) is 9.47. The molecular weight excluding hydrogens is 216 g/mol. The summed E-state index contributed by atoms with van der Waals surface area (Å²) in [6, 6.07) is 0. The molecule has 7 heteroatoms. The topological polar surface area (TPSA) is 81.9 Å². The van der Waals surface area contributed by atoms with Gasteiger partial charge in [0.05, 0.1) is 0 Å². The van der Waals surface area contributed by atoms with E-state index in [0.717, 1.165) is 32.4 Å². The first kappa shape index (κ1) is 12.7. The van der Waals surface area contributed by atoms with E-state index in [-0.39, 0.29) is 0 Å². The Morgan fingerprint density at radius 2 is 1.88 bits per heavy atom. The van der Waals surface area contributed by atoms with Gasteiger partial charge in [-0.05, 0) is 39.8 Å². The van der Waals surface area contributed by atoms with Crippen molar-refractivity contribution in [2.24, 2.45) is 0 Å². The smallest absolute Gasteiger partial charge is 0.288 e. The lowest BCUT2D eigenvalue weighted by molar-refractivity contribution is -0.840. The predicted octanol–water partition coefficient (Wildman–Crippen LogP) is 0.917. The molecule has 92 valence electrons. The fourth-order valence-electron chi connectivity index (χ4n) is 1.75. The van der Waals surface area contributed by atoms with E-state index in [2.05, 4.69) is 9.88 Å². The molecule has 16 heavy (non-hydrogen) atoms. The van der Waals surface area contributed by atoms with Gasteiger partial charge in [0, 0.05) is 0 Å². The fourth-order valence-corrected chi connectivity index (χ4v) is 1.75. The van der Waals surface area contributed by atoms with Crippen molar-refractivity contribution in [3.63, 3.8) is 0 Å². The largest absolute Gasteiger partial charge is 0.362 e. The molecule has 1 heterocycles. The van der Waals surface area contributed by atoms with Crippen molar-refractivity contribution >= 4 is 5.97 Å². The van der Waals surface area contributed by atoms with Crippen LogP contribution in [0.4, 0.5) is 0 Å². The normalized spacial score (nSPS) is 17.9. The second kappa shape index (κ2) is 5.11. The van der Waals surface area contributed by atoms with Crippen molar-refractivity contribution in [1.29, 1.82) is 0 Å². The third-order valence-electron chi connectivity index (χ3n) is 2.82. The first-order valence-corrected chi connectivity index (χ1v) is 5.23. The second-order valence-corrected chi connectivity index (χ2v) is 4.28. The third-order valence-corrected chi connectivity index (χ3v) is 2.82. The molecule has 0 bridgehead atoms. The summed E-state index contributed by atoms with van der Waals surface area (Å²) in [5, 5.41) is 8.75. The first-order valence-electron chi connectivity index (χ1n) is 5.23. The van der Waals surface area contributed by atoms with Crippen molar-refractivity contribution < 1.29 is 19.8 Å². The van der Waals surface area contributed by atoms with Crippen LogP contribution in [0.25, 0.3) is 0 Å². The molecular formula is C9H16N2O5. The maximum absolute atomic E-state index is 11.6. The van der Waals surface area contributed by atoms with Crippen LogP contribution < -0.4 is 0 Å². The SMILES string of the molecule is CC(C)(C(=O)OO[N+](=O)[O-])N1CCCCC1. The van der Waals surface area contributed by atoms with Crippen LogP contribution in [-0.4, -0.2) is 34.6 Å². The molecule has 0 N–H and O–H groups in total. The summed E-state index contributed by atoms with van der Waals surface area (Å²) < 4.78 is 0. The average Bonchev–Trinajstić information content (AvgIpc) is 2.27. The number of likely N-dealkylation sites (tertiary alicyclic amines) is 1. The lowest BCUT2D eigenvalue weighted by atomic mass is 9.99. The molecule has 0 aromatic heterocycles. The van der Waals surface area contributed by atoms with Gasteiger partial charge in [-0.3, -0.25) is 9.79 Å². The molecule has 0 spiro atoms. The van der Waals surface area contributed by atoms with Gasteiger partial charge in [0.1, 0.15) is 5.54 Å². The summed E-state index contributed by atoms with van der Waals surface area (Å²) >= 11 is 0. The molecule has 0 radical (unpaired) electrons. The average molecular weight is 232 g/mol. The van der Waals surface area contributed by atoms with Crippen LogP contribution in [0.5, 0.6) is 0 Å². The van der Waals surface area contributed by atoms with Crippen molar-refractivity contribution in [2.45, 2.75) is 38.6 Å². The number of carbonyl (C=O) groups excluding carboxylic acids is 1. The Kier molecular flexibility index (Phi) is 4.05. The molecule has 1 aliphatic rings. The lowest BCUT2D eigenvalue weighted by Gasteiger charge is -2.37. The first-order chi connectivity index (χ1) is 7.44. The Labute approximate surface area is 93.3 Å². The van der Waals surface area contributed by atoms with Gasteiger partial charge in [-0.1, -0.05) is 11.4 Å². The summed E-state index contributed by atoms with van der Waals surface area (Å²) in [5.41, 5.74) is -0.892. The molecule has 0 amide bonds. The summed E-state index contributed by atoms with van der Waals surface area (Å²) in [7, 11) is 0. The number of carbonyl (C=O) groups is 1. The summed E-state index contributed by atoms with van der Waals surface area (Å²) in [4.78, 5) is 31.2. The minimum Gasteiger partial charge on any atom is -0.288 e. The minimum absolute atomic E-state index is 0.744. The molecule has 0 aliphatic carbocycles. The van der Waals surface area contributed by atoms with Crippen LogP contribution in [0, 0.1) is 10.1 Å². The quantitative estimate of drug-likeness (QED) is 0.407. The van der Waals surface area contributed by atoms with Crippen molar-refractivity contribution in [3.05, 3.63) is 10.1 Å². The van der Waals surface area contributed by atoms with E-state index < -0.39 is 16.6 Å². The molecule has 1 aliphatic heterocycles. The van der Waals surface area contributed by atoms with Gasteiger partial charge < -0.3 is 0 Å². The monoisotopic (exact) mass is 232 g/mol. The van der Waals surface area contributed by atoms with Gasteiger partial charge in [0.2, 0.25) is 0 Å². The van der Waals surface area contributed by atoms with Gasteiger partial charge in [0.25, 0.3) is 0 Å². The van der Waals surface area contributed by atoms with Crippen LogP contribution >= 0.6 is 0 Å². The van der Waals surface area contributed by atoms with Crippen LogP contribution in [-0.2, 0) is 14.7 Å². The number of rotatable bonds is 4. The maximum Gasteiger partial charge on any atom is 0.362 e. The van der Waals surface area contributed by atoms with E-state index in [4.69, 9.17) is 0 Å². The van der Waals surface area contributed by atoms with E-state index in [0.29, 0.717) is 0 Å². The third kappa shape index (κ3) is 3.06. The highest BCUT2D eigenvalue weighted by molar-refractivity contribution is 5.79. The zero-order chi connectivity index (χ0) is 12.2. The van der Waals surface area contributed by atoms with E-state index >= 15 is 0 Å². The Morgan fingerprint density at radius 1 is 1.31 bits per heavy atom. The number of hydrogen-bond donors (Lipinski definition) is 0. The Hall–Kier alpha value is -1.37. The summed E-state index contributed by atoms with van der Waals surface area (Å²) in [5.74, 6) is -0.744. The second-order valence-electron chi connectivity index (χ2n) is 4.28. The van der Waals surface area contributed by atoms with Gasteiger partial charge in [-0.2, -0.15) is 0 Å². The van der Waals surface area contributed by atoms with E-state index in [1.54, 1.807) is 13.8 Å². The molecule has 0 saturated carbocycles. The van der Waals surface area contributed by atoms with Crippen molar-refractivity contribution in [1.82, 2.24) is 4.90 Å². The molecule has 0 atom stereocenters. The molecule has 1 fully saturated rings. The number of piperidine rings is 1. The predicted molar refractivity (Wildman–Crippen MR) is 53.7 cm³/mol. The minimum atomic E-state index is -1.15. The molecule has 7 nitrogen and oxygen atoms in total. The van der Waals surface area contributed by atoms with Gasteiger partial charge in [-0.15, -0.1) is 10.1 Å². The van der Waals surface area contributed by atoms with Crippen molar-refractivity contribution in [3.8, 4) is 0 Å². The van der Waals surface area contributed by atoms with Crippen LogP contribution in [0.2, 0.25) is 0 Å². The maximum atomic E-state index is 11.6. The van der Waals surface area contributed by atoms with Gasteiger partial charge in [-0.25, -0.2) is 4.79 Å². The van der Waals surface area contributed by atoms with Crippen LogP contribution in [0.15, 0.2) is 0 Å². The van der Waals surface area contributed by atoms with Crippen LogP contribution in [0.1, 0.15) is 33.1 Å². The zero-order valence-electron chi connectivity index (χ0n) is 9.47. The standard InChI is InChI=1S/C9H16N2O5/c1-9(2,8(12)15-16-11(13)14)10-6-4-3-5-7-10/h3-7H2,1-2H3. The Morgan fingerprint density at radius 3 is 2.38 bits per heavy atom. The molecule has 0 aromatic rings. The van der Waals surface area contributed by atoms with Crippen molar-refractivity contribution in [2.75, 3.05) is 13.1 Å². The Bertz CT molecular complexity index is 273. The lowest BCUT2D eigenvalue weighted by Crippen LogP contribution is -2.52. The molecule has 0 aromatic carbocycles. The van der Waals surface area contributed by atoms with Gasteiger partial charge in [0.15, 0.2) is 0 Å². The summed E-state index contributed by atoms with van der Waals surface area (Å²) in [6.07, 6.45) is 3.19. The van der Waals surface area contributed by atoms with Crippen LogP contribution in [0.3, 0.4) is 0 Å². The van der Waals surface area contributed by atoms with Gasteiger partial charge >= 0.3 is 11.1 Å². The highest BCUT2D eigenvalue weighted by Crippen LogP contribution is 2.21. The highest BCUT2D eigenvalue weighted by Gasteiger charge is 2.37. The molecule has 1 rings (SSSR count). The molecule has 1 saturated heterocycles. The number of nitrogens with zero attached hydrogens (tertiary/aromatic N) is 2. The highest BCUT2D eigenvalue weighted by atomic mass is 17.3.